The fraction of sp³-hybridized carbons (Fsp3) is 0.250. The van der Waals surface area contributed by atoms with Gasteiger partial charge in [-0.2, -0.15) is 13.2 Å². The Balaban J connectivity index is 0.000000294. The number of rotatable bonds is 0. The second-order valence-corrected chi connectivity index (χ2v) is 7.39. The maximum absolute atomic E-state index is 13.3. The van der Waals surface area contributed by atoms with Crippen molar-refractivity contribution in [3.8, 4) is 0 Å². The third-order valence-corrected chi connectivity index (χ3v) is 5.55. The summed E-state index contributed by atoms with van der Waals surface area (Å²) in [6.07, 6.45) is 5.63. The van der Waals surface area contributed by atoms with Gasteiger partial charge in [-0.15, -0.1) is 0 Å². The molecule has 1 aromatic heterocycles. The Morgan fingerprint density at radius 3 is 2.07 bits per heavy atom. The van der Waals surface area contributed by atoms with Gasteiger partial charge in [0.15, 0.2) is 0 Å². The molecule has 0 saturated carbocycles. The van der Waals surface area contributed by atoms with Gasteiger partial charge in [0, 0.05) is 24.8 Å². The first-order valence-corrected chi connectivity index (χ1v) is 9.71. The van der Waals surface area contributed by atoms with E-state index in [1.165, 1.54) is 23.6 Å². The molecule has 29 heavy (non-hydrogen) atoms. The third-order valence-electron chi connectivity index (χ3n) is 5.55. The van der Waals surface area contributed by atoms with E-state index in [9.17, 15) is 13.2 Å². The van der Waals surface area contributed by atoms with Crippen LogP contribution in [0.1, 0.15) is 42.4 Å². The minimum Gasteiger partial charge on any atom is -0.262 e. The lowest BCUT2D eigenvalue weighted by atomic mass is 9.80. The van der Waals surface area contributed by atoms with Crippen LogP contribution >= 0.6 is 0 Å². The highest BCUT2D eigenvalue weighted by atomic mass is 19.4. The van der Waals surface area contributed by atoms with E-state index >= 15 is 0 Å². The number of fused-ring (bicyclic) bond motifs is 5. The number of benzene rings is 3. The lowest BCUT2D eigenvalue weighted by Gasteiger charge is -2.25. The van der Waals surface area contributed by atoms with Crippen LogP contribution in [0.2, 0.25) is 0 Å². The molecular formula is C24H21F3N2. The van der Waals surface area contributed by atoms with Gasteiger partial charge in [-0.05, 0) is 63.9 Å². The molecule has 0 aliphatic heterocycles. The minimum atomic E-state index is -4.32. The van der Waals surface area contributed by atoms with Gasteiger partial charge < -0.3 is 0 Å². The Labute approximate surface area is 167 Å². The summed E-state index contributed by atoms with van der Waals surface area (Å²) in [7, 11) is 0. The predicted octanol–water partition coefficient (Wildman–Crippen LogP) is 6.93. The van der Waals surface area contributed by atoms with E-state index in [1.807, 2.05) is 12.1 Å². The van der Waals surface area contributed by atoms with E-state index in [-0.39, 0.29) is 5.39 Å². The van der Waals surface area contributed by atoms with Crippen molar-refractivity contribution in [1.29, 1.82) is 0 Å². The van der Waals surface area contributed by atoms with E-state index in [4.69, 9.17) is 0 Å². The highest BCUT2D eigenvalue weighted by Crippen LogP contribution is 2.41. The number of aryl methyl sites for hydroxylation is 1. The highest BCUT2D eigenvalue weighted by Gasteiger charge is 2.32. The van der Waals surface area contributed by atoms with Crippen molar-refractivity contribution in [2.45, 2.75) is 38.3 Å². The number of halogens is 3. The monoisotopic (exact) mass is 394 g/mol. The zero-order chi connectivity index (χ0) is 20.4. The minimum absolute atomic E-state index is 0.288. The van der Waals surface area contributed by atoms with Crippen molar-refractivity contribution >= 4 is 21.5 Å². The molecule has 0 bridgehead atoms. The molecule has 1 atom stereocenters. The molecule has 5 heteroatoms. The van der Waals surface area contributed by atoms with Gasteiger partial charge in [0.25, 0.3) is 0 Å². The Morgan fingerprint density at radius 2 is 1.41 bits per heavy atom. The molecule has 4 aromatic rings. The Bertz CT molecular complexity index is 1110. The largest absolute Gasteiger partial charge is 0.417 e. The van der Waals surface area contributed by atoms with Gasteiger partial charge in [0.1, 0.15) is 0 Å². The molecule has 0 fully saturated rings. The van der Waals surface area contributed by atoms with Crippen molar-refractivity contribution in [3.05, 3.63) is 83.9 Å². The zero-order valence-electron chi connectivity index (χ0n) is 16.1. The van der Waals surface area contributed by atoms with Gasteiger partial charge >= 0.3 is 6.18 Å². The van der Waals surface area contributed by atoms with Crippen LogP contribution in [-0.4, -0.2) is 9.97 Å². The lowest BCUT2D eigenvalue weighted by Crippen LogP contribution is -2.08. The van der Waals surface area contributed by atoms with Crippen LogP contribution in [0.25, 0.3) is 21.5 Å². The molecule has 0 saturated heterocycles. The van der Waals surface area contributed by atoms with E-state index in [0.717, 1.165) is 29.7 Å². The molecular weight excluding hydrogens is 373 g/mol. The first-order chi connectivity index (χ1) is 14.0. The summed E-state index contributed by atoms with van der Waals surface area (Å²) in [4.78, 5) is 7.44. The lowest BCUT2D eigenvalue weighted by molar-refractivity contribution is -0.136. The SMILES string of the molecule is CC1CCCc2ccc3c(ccc4c(C(F)(F)F)cccc43)c21.c1cnccn1. The van der Waals surface area contributed by atoms with Crippen LogP contribution in [0, 0.1) is 0 Å². The molecule has 0 amide bonds. The molecule has 5 rings (SSSR count). The number of hydrogen-bond acceptors (Lipinski definition) is 2. The molecule has 3 aromatic carbocycles. The number of aromatic nitrogens is 2. The maximum Gasteiger partial charge on any atom is 0.417 e. The first kappa shape index (κ1) is 19.4. The number of hydrogen-bond donors (Lipinski definition) is 0. The maximum atomic E-state index is 13.3. The quantitative estimate of drug-likeness (QED) is 0.302. The Morgan fingerprint density at radius 1 is 0.793 bits per heavy atom. The summed E-state index contributed by atoms with van der Waals surface area (Å²) in [6, 6.07) is 12.1. The molecule has 148 valence electrons. The van der Waals surface area contributed by atoms with Crippen molar-refractivity contribution in [2.75, 3.05) is 0 Å². The average molecular weight is 394 g/mol. The molecule has 0 N–H and O–H groups in total. The summed E-state index contributed by atoms with van der Waals surface area (Å²) in [5.41, 5.74) is 2.12. The van der Waals surface area contributed by atoms with Crippen LogP contribution in [0.15, 0.2) is 67.3 Å². The van der Waals surface area contributed by atoms with E-state index in [0.29, 0.717) is 11.3 Å². The van der Waals surface area contributed by atoms with Crippen molar-refractivity contribution in [2.24, 2.45) is 0 Å². The van der Waals surface area contributed by atoms with Gasteiger partial charge in [0.2, 0.25) is 0 Å². The van der Waals surface area contributed by atoms with Crippen LogP contribution in [-0.2, 0) is 12.6 Å². The van der Waals surface area contributed by atoms with Crippen LogP contribution in [0.5, 0.6) is 0 Å². The summed E-state index contributed by atoms with van der Waals surface area (Å²) in [5, 5.41) is 3.02. The van der Waals surface area contributed by atoms with E-state index in [2.05, 4.69) is 23.0 Å². The van der Waals surface area contributed by atoms with Gasteiger partial charge in [0.05, 0.1) is 5.56 Å². The zero-order valence-corrected chi connectivity index (χ0v) is 16.1. The summed E-state index contributed by atoms with van der Waals surface area (Å²) < 4.78 is 39.8. The van der Waals surface area contributed by atoms with Crippen LogP contribution in [0.3, 0.4) is 0 Å². The molecule has 0 spiro atoms. The van der Waals surface area contributed by atoms with E-state index in [1.54, 1.807) is 36.9 Å². The molecule has 1 aliphatic carbocycles. The topological polar surface area (TPSA) is 25.8 Å². The third kappa shape index (κ3) is 3.82. The molecule has 0 radical (unpaired) electrons. The second kappa shape index (κ2) is 7.82. The molecule has 1 aliphatic rings. The van der Waals surface area contributed by atoms with Crippen molar-refractivity contribution < 1.29 is 13.2 Å². The highest BCUT2D eigenvalue weighted by molar-refractivity contribution is 6.10. The number of nitrogens with zero attached hydrogens (tertiary/aromatic N) is 2. The number of alkyl halides is 3. The summed E-state index contributed by atoms with van der Waals surface area (Å²) in [6.45, 7) is 2.22. The van der Waals surface area contributed by atoms with Gasteiger partial charge in [-0.25, -0.2) is 0 Å². The Hall–Kier alpha value is -2.95. The average Bonchev–Trinajstić information content (AvgIpc) is 2.74. The van der Waals surface area contributed by atoms with Crippen LogP contribution in [0.4, 0.5) is 13.2 Å². The van der Waals surface area contributed by atoms with Crippen molar-refractivity contribution in [3.63, 3.8) is 0 Å². The Kier molecular flexibility index (Phi) is 5.22. The fourth-order valence-corrected chi connectivity index (χ4v) is 4.29. The van der Waals surface area contributed by atoms with Crippen molar-refractivity contribution in [1.82, 2.24) is 9.97 Å². The van der Waals surface area contributed by atoms with Gasteiger partial charge in [-0.1, -0.05) is 43.3 Å². The standard InChI is InChI=1S/C20H17F3.C4H4N2/c1-12-4-2-5-13-8-9-15-14-6-3-7-18(20(21,22)23)16(14)10-11-17(15)19(12)13;1-2-6-4-3-5-1/h3,6-12H,2,4-5H2,1H3;1-4H. The van der Waals surface area contributed by atoms with Crippen LogP contribution < -0.4 is 0 Å². The normalized spacial score (nSPS) is 16.2. The smallest absolute Gasteiger partial charge is 0.262 e. The summed E-state index contributed by atoms with van der Waals surface area (Å²) >= 11 is 0. The fourth-order valence-electron chi connectivity index (χ4n) is 4.29. The van der Waals surface area contributed by atoms with Gasteiger partial charge in [-0.3, -0.25) is 9.97 Å². The van der Waals surface area contributed by atoms with E-state index < -0.39 is 11.7 Å². The first-order valence-electron chi connectivity index (χ1n) is 9.71. The molecule has 2 nitrogen and oxygen atoms in total. The molecule has 1 unspecified atom stereocenters. The summed E-state index contributed by atoms with van der Waals surface area (Å²) in [5.74, 6) is 0.464. The molecule has 1 heterocycles. The predicted molar refractivity (Wildman–Crippen MR) is 110 cm³/mol. The second-order valence-electron chi connectivity index (χ2n) is 7.39.